The summed E-state index contributed by atoms with van der Waals surface area (Å²) in [5.74, 6) is -0.598. The van der Waals surface area contributed by atoms with Crippen LogP contribution in [-0.4, -0.2) is 22.2 Å². The van der Waals surface area contributed by atoms with E-state index in [0.29, 0.717) is 12.3 Å². The van der Waals surface area contributed by atoms with Gasteiger partial charge in [0.05, 0.1) is 5.41 Å². The number of carboxylic acids is 2. The molecule has 0 radical (unpaired) electrons. The van der Waals surface area contributed by atoms with Gasteiger partial charge >= 0.3 is 11.9 Å². The molecular formula is C23H44O4. The summed E-state index contributed by atoms with van der Waals surface area (Å²) in [4.78, 5) is 22.3. The first kappa shape index (κ1) is 25.9. The van der Waals surface area contributed by atoms with E-state index in [0.717, 1.165) is 32.1 Å². The summed E-state index contributed by atoms with van der Waals surface area (Å²) in [7, 11) is 0. The minimum atomic E-state index is -0.688. The smallest absolute Gasteiger partial charge is 0.309 e. The van der Waals surface area contributed by atoms with Crippen molar-refractivity contribution in [3.8, 4) is 0 Å². The van der Waals surface area contributed by atoms with E-state index in [1.165, 1.54) is 38.5 Å². The summed E-state index contributed by atoms with van der Waals surface area (Å²) in [5.41, 5.74) is -0.644. The van der Waals surface area contributed by atoms with E-state index in [-0.39, 0.29) is 11.8 Å². The Morgan fingerprint density at radius 1 is 0.741 bits per heavy atom. The van der Waals surface area contributed by atoms with Crippen molar-refractivity contribution in [1.29, 1.82) is 0 Å². The Hall–Kier alpha value is -1.06. The zero-order chi connectivity index (χ0) is 20.9. The summed E-state index contributed by atoms with van der Waals surface area (Å²) < 4.78 is 0. The summed E-state index contributed by atoms with van der Waals surface area (Å²) in [6.45, 7) is 10.3. The largest absolute Gasteiger partial charge is 0.481 e. The quantitative estimate of drug-likeness (QED) is 0.271. The Bertz CT molecular complexity index is 417. The van der Waals surface area contributed by atoms with Gasteiger partial charge in [0.2, 0.25) is 0 Å². The molecule has 0 fully saturated rings. The number of rotatable bonds is 17. The maximum absolute atomic E-state index is 11.9. The van der Waals surface area contributed by atoms with Crippen molar-refractivity contribution >= 4 is 11.9 Å². The Morgan fingerprint density at radius 3 is 1.48 bits per heavy atom. The second-order valence-electron chi connectivity index (χ2n) is 9.06. The van der Waals surface area contributed by atoms with Gasteiger partial charge in [-0.25, -0.2) is 0 Å². The van der Waals surface area contributed by atoms with Crippen molar-refractivity contribution in [2.45, 2.75) is 112 Å². The number of carboxylic acid groups (broad SMARTS) is 2. The van der Waals surface area contributed by atoms with E-state index in [1.807, 2.05) is 20.8 Å². The molecule has 0 saturated heterocycles. The monoisotopic (exact) mass is 384 g/mol. The minimum Gasteiger partial charge on any atom is -0.481 e. The molecule has 4 nitrogen and oxygen atoms in total. The molecule has 160 valence electrons. The molecule has 0 aromatic heterocycles. The molecule has 0 aliphatic heterocycles. The second kappa shape index (κ2) is 14.0. The number of carbonyl (C=O) groups is 2. The van der Waals surface area contributed by atoms with Crippen LogP contribution < -0.4 is 0 Å². The molecule has 0 amide bonds. The lowest BCUT2D eigenvalue weighted by Crippen LogP contribution is -2.42. The molecule has 0 saturated carbocycles. The summed E-state index contributed by atoms with van der Waals surface area (Å²) in [6.07, 6.45) is 12.8. The van der Waals surface area contributed by atoms with Crippen LogP contribution in [0.15, 0.2) is 0 Å². The normalized spacial score (nSPS) is 15.1. The molecule has 2 unspecified atom stereocenters. The highest BCUT2D eigenvalue weighted by atomic mass is 16.4. The Balaban J connectivity index is 3.91. The average molecular weight is 385 g/mol. The first-order valence-corrected chi connectivity index (χ1v) is 11.1. The van der Waals surface area contributed by atoms with Gasteiger partial charge in [0.15, 0.2) is 0 Å². The predicted octanol–water partition coefficient (Wildman–Crippen LogP) is 6.77. The maximum Gasteiger partial charge on any atom is 0.309 e. The molecule has 0 aromatic rings. The lowest BCUT2D eigenvalue weighted by atomic mass is 9.63. The third-order valence-electron chi connectivity index (χ3n) is 6.39. The molecule has 0 heterocycles. The van der Waals surface area contributed by atoms with Crippen LogP contribution in [0.25, 0.3) is 0 Å². The molecule has 0 bridgehead atoms. The number of aliphatic carboxylic acids is 2. The summed E-state index contributed by atoms with van der Waals surface area (Å²) in [5, 5.41) is 18.4. The van der Waals surface area contributed by atoms with E-state index in [9.17, 15) is 14.7 Å². The van der Waals surface area contributed by atoms with E-state index < -0.39 is 17.4 Å². The fourth-order valence-corrected chi connectivity index (χ4v) is 4.21. The standard InChI is InChI=1S/C23H44O4/c1-18(2)20(23(5,19(3)4)22(26)27)16-14-12-10-8-6-7-9-11-13-15-17-21(24)25/h18-20H,6-17H2,1-5H3,(H,24,25)(H,26,27). The van der Waals surface area contributed by atoms with Gasteiger partial charge < -0.3 is 10.2 Å². The lowest BCUT2D eigenvalue weighted by Gasteiger charge is -2.40. The van der Waals surface area contributed by atoms with Crippen LogP contribution in [-0.2, 0) is 9.59 Å². The van der Waals surface area contributed by atoms with Crippen LogP contribution in [0.4, 0.5) is 0 Å². The van der Waals surface area contributed by atoms with Gasteiger partial charge in [-0.15, -0.1) is 0 Å². The SMILES string of the molecule is CC(C)C(CCCCCCCCCCCCC(=O)O)C(C)(C(=O)O)C(C)C. The van der Waals surface area contributed by atoms with Gasteiger partial charge in [0.25, 0.3) is 0 Å². The molecule has 4 heteroatoms. The number of hydrogen-bond donors (Lipinski definition) is 2. The van der Waals surface area contributed by atoms with Gasteiger partial charge in [-0.3, -0.25) is 9.59 Å². The van der Waals surface area contributed by atoms with Crippen molar-refractivity contribution in [3.05, 3.63) is 0 Å². The van der Waals surface area contributed by atoms with Gasteiger partial charge in [0, 0.05) is 6.42 Å². The Morgan fingerprint density at radius 2 is 1.15 bits per heavy atom. The first-order valence-electron chi connectivity index (χ1n) is 11.1. The minimum absolute atomic E-state index is 0.137. The molecule has 0 aliphatic rings. The van der Waals surface area contributed by atoms with Crippen LogP contribution >= 0.6 is 0 Å². The fourth-order valence-electron chi connectivity index (χ4n) is 4.21. The third kappa shape index (κ3) is 10.2. The van der Waals surface area contributed by atoms with Gasteiger partial charge in [0.1, 0.15) is 0 Å². The van der Waals surface area contributed by atoms with Crippen molar-refractivity contribution < 1.29 is 19.8 Å². The summed E-state index contributed by atoms with van der Waals surface area (Å²) in [6, 6.07) is 0. The topological polar surface area (TPSA) is 74.6 Å². The molecule has 0 spiro atoms. The van der Waals surface area contributed by atoms with Crippen LogP contribution in [0.2, 0.25) is 0 Å². The Labute approximate surface area is 167 Å². The van der Waals surface area contributed by atoms with Crippen LogP contribution in [0.5, 0.6) is 0 Å². The van der Waals surface area contributed by atoms with Gasteiger partial charge in [-0.2, -0.15) is 0 Å². The second-order valence-corrected chi connectivity index (χ2v) is 9.06. The highest BCUT2D eigenvalue weighted by Gasteiger charge is 2.44. The molecule has 0 aliphatic carbocycles. The van der Waals surface area contributed by atoms with Crippen LogP contribution in [0, 0.1) is 23.2 Å². The Kier molecular flexibility index (Phi) is 13.5. The van der Waals surface area contributed by atoms with Crippen LogP contribution in [0.3, 0.4) is 0 Å². The van der Waals surface area contributed by atoms with Crippen molar-refractivity contribution in [1.82, 2.24) is 0 Å². The number of hydrogen-bond acceptors (Lipinski definition) is 2. The molecule has 0 aromatic carbocycles. The van der Waals surface area contributed by atoms with Gasteiger partial charge in [-0.1, -0.05) is 85.5 Å². The van der Waals surface area contributed by atoms with Crippen molar-refractivity contribution in [2.24, 2.45) is 23.2 Å². The first-order chi connectivity index (χ1) is 12.6. The highest BCUT2D eigenvalue weighted by Crippen LogP contribution is 2.43. The maximum atomic E-state index is 11.9. The fraction of sp³-hybridized carbons (Fsp3) is 0.913. The predicted molar refractivity (Wildman–Crippen MR) is 112 cm³/mol. The number of unbranched alkanes of at least 4 members (excludes halogenated alkanes) is 9. The summed E-state index contributed by atoms with van der Waals surface area (Å²) >= 11 is 0. The molecule has 27 heavy (non-hydrogen) atoms. The lowest BCUT2D eigenvalue weighted by molar-refractivity contribution is -0.156. The van der Waals surface area contributed by atoms with E-state index in [2.05, 4.69) is 13.8 Å². The van der Waals surface area contributed by atoms with Gasteiger partial charge in [-0.05, 0) is 37.5 Å². The third-order valence-corrected chi connectivity index (χ3v) is 6.39. The van der Waals surface area contributed by atoms with E-state index >= 15 is 0 Å². The molecule has 2 atom stereocenters. The average Bonchev–Trinajstić information content (AvgIpc) is 2.57. The molecule has 2 N–H and O–H groups in total. The zero-order valence-corrected chi connectivity index (χ0v) is 18.4. The van der Waals surface area contributed by atoms with Crippen molar-refractivity contribution in [3.63, 3.8) is 0 Å². The van der Waals surface area contributed by atoms with E-state index in [4.69, 9.17) is 5.11 Å². The van der Waals surface area contributed by atoms with E-state index in [1.54, 1.807) is 0 Å². The molecule has 0 rings (SSSR count). The highest BCUT2D eigenvalue weighted by molar-refractivity contribution is 5.75. The zero-order valence-electron chi connectivity index (χ0n) is 18.4. The molecular weight excluding hydrogens is 340 g/mol. The van der Waals surface area contributed by atoms with Crippen LogP contribution in [0.1, 0.15) is 112 Å². The van der Waals surface area contributed by atoms with Crippen molar-refractivity contribution in [2.75, 3.05) is 0 Å².